The van der Waals surface area contributed by atoms with Crippen LogP contribution in [0.5, 0.6) is 0 Å². The first-order chi connectivity index (χ1) is 29.3. The maximum absolute atomic E-state index is 13.6. The van der Waals surface area contributed by atoms with Crippen molar-refractivity contribution < 1.29 is 75.4 Å². The summed E-state index contributed by atoms with van der Waals surface area (Å²) in [6.07, 6.45) is 9.70. The van der Waals surface area contributed by atoms with Crippen molar-refractivity contribution in [3.63, 3.8) is 0 Å². The van der Waals surface area contributed by atoms with Crippen LogP contribution in [0.4, 0.5) is 0 Å². The van der Waals surface area contributed by atoms with Crippen LogP contribution in [-0.2, 0) is 50.7 Å². The van der Waals surface area contributed by atoms with Crippen molar-refractivity contribution in [2.45, 2.75) is 116 Å². The summed E-state index contributed by atoms with van der Waals surface area (Å²) in [7, 11) is -14.6. The molecule has 25 nitrogen and oxygen atoms in total. The number of amides is 3. The molecular formula is C34H69N9O16P3-3. The van der Waals surface area contributed by atoms with Crippen LogP contribution < -0.4 is 42.9 Å². The first-order valence-electron chi connectivity index (χ1n) is 20.7. The van der Waals surface area contributed by atoms with Gasteiger partial charge in [-0.3, -0.25) is 51.6 Å². The number of aliphatic hydroxyl groups is 1. The third-order valence-corrected chi connectivity index (χ3v) is 11.0. The Kier molecular flexibility index (Phi) is 34.0. The first-order valence-corrected chi connectivity index (χ1v) is 25.1. The largest absolute Gasteiger partial charge is 0.756 e. The lowest BCUT2D eigenvalue weighted by Gasteiger charge is -2.26. The minimum Gasteiger partial charge on any atom is -0.756 e. The van der Waals surface area contributed by atoms with E-state index in [1.165, 1.54) is 0 Å². The molecular weight excluding hydrogens is 883 g/mol. The quantitative estimate of drug-likeness (QED) is 0.0136. The zero-order valence-corrected chi connectivity index (χ0v) is 38.2. The van der Waals surface area contributed by atoms with Crippen molar-refractivity contribution in [2.24, 2.45) is 32.9 Å². The van der Waals surface area contributed by atoms with Crippen LogP contribution in [-0.4, -0.2) is 122 Å². The first kappa shape index (κ1) is 59.2. The molecule has 0 bridgehead atoms. The number of nitrogens with zero attached hydrogens (tertiary/aromatic N) is 4. The fourth-order valence-corrected chi connectivity index (χ4v) is 7.01. The van der Waals surface area contributed by atoms with Crippen LogP contribution in [0, 0.1) is 0 Å². The fourth-order valence-electron chi connectivity index (χ4n) is 5.56. The average Bonchev–Trinajstić information content (AvgIpc) is 3.17. The van der Waals surface area contributed by atoms with Crippen LogP contribution in [0.3, 0.4) is 0 Å². The van der Waals surface area contributed by atoms with Crippen molar-refractivity contribution in [1.29, 1.82) is 0 Å². The maximum atomic E-state index is 13.6. The predicted molar refractivity (Wildman–Crippen MR) is 223 cm³/mol. The molecule has 0 aliphatic rings. The minimum atomic E-state index is -5.18. The van der Waals surface area contributed by atoms with Crippen LogP contribution in [0.15, 0.2) is 9.98 Å². The molecule has 0 fully saturated rings. The van der Waals surface area contributed by atoms with Gasteiger partial charge in [0.05, 0.1) is 13.2 Å². The Hall–Kier alpha value is -2.76. The molecule has 3 atom stereocenters. The van der Waals surface area contributed by atoms with Crippen molar-refractivity contribution in [3.8, 4) is 0 Å². The number of phosphoric acid groups is 3. The van der Waals surface area contributed by atoms with Gasteiger partial charge in [-0.1, -0.05) is 44.9 Å². The summed E-state index contributed by atoms with van der Waals surface area (Å²) in [5.74, 6) is -0.621. The molecule has 62 heavy (non-hydrogen) atoms. The van der Waals surface area contributed by atoms with E-state index >= 15 is 0 Å². The highest BCUT2D eigenvalue weighted by Gasteiger charge is 2.20. The Bertz CT molecular complexity index is 1450. The van der Waals surface area contributed by atoms with Gasteiger partial charge in [0.1, 0.15) is 0 Å². The van der Waals surface area contributed by atoms with Gasteiger partial charge in [0.25, 0.3) is 23.5 Å². The van der Waals surface area contributed by atoms with E-state index in [2.05, 4.69) is 37.9 Å². The standard InChI is InChI=1S/C34H72N9O16P3/c35-33(36)40-20-10-1-4-12-22-42(24-17-30(45)39-19-9-3-6-14-26-55-61(51,52)57-28-44)32(47)18-25-43(23-13-5-2-11-21-41-34(37)38)31(46)16-8-7-15-27-56-62(53,54)59-29-58-60(48,49)50/h44H,1-29H2,(H,39,45)(H,51,52)(H,53,54)(H4,35,36,40)(H4,37,38,41)(H2,48,49,50)/p-3. The van der Waals surface area contributed by atoms with Crippen molar-refractivity contribution in [1.82, 2.24) is 15.1 Å². The Morgan fingerprint density at radius 2 is 1.00 bits per heavy atom. The summed E-state index contributed by atoms with van der Waals surface area (Å²) in [6, 6.07) is 0. The van der Waals surface area contributed by atoms with Gasteiger partial charge in [0, 0.05) is 65.1 Å². The number of aliphatic imine (C=N–C) groups is 2. The normalized spacial score (nSPS) is 14.2. The van der Waals surface area contributed by atoms with Gasteiger partial charge in [-0.05, 0) is 51.4 Å². The molecule has 0 aromatic rings. The van der Waals surface area contributed by atoms with E-state index in [4.69, 9.17) is 32.9 Å². The van der Waals surface area contributed by atoms with Crippen LogP contribution in [0.1, 0.15) is 116 Å². The Balaban J connectivity index is 5.23. The number of rotatable bonds is 41. The van der Waals surface area contributed by atoms with Gasteiger partial charge in [0.2, 0.25) is 17.7 Å². The van der Waals surface area contributed by atoms with E-state index in [1.807, 2.05) is 0 Å². The molecule has 0 aromatic carbocycles. The predicted octanol–water partition coefficient (Wildman–Crippen LogP) is -0.284. The summed E-state index contributed by atoms with van der Waals surface area (Å²) >= 11 is 0. The molecule has 0 heterocycles. The molecule has 0 spiro atoms. The minimum absolute atomic E-state index is 0.0113. The van der Waals surface area contributed by atoms with Gasteiger partial charge < -0.3 is 71.8 Å². The Morgan fingerprint density at radius 3 is 1.52 bits per heavy atom. The van der Waals surface area contributed by atoms with Crippen LogP contribution >= 0.6 is 23.5 Å². The summed E-state index contributed by atoms with van der Waals surface area (Å²) in [5.41, 5.74) is 21.5. The number of unbranched alkanes of at least 4 members (excludes halogenated alkanes) is 11. The summed E-state index contributed by atoms with van der Waals surface area (Å²) in [5, 5.41) is 11.4. The topological polar surface area (TPSA) is 406 Å². The fraction of sp³-hybridized carbons (Fsp3) is 0.853. The van der Waals surface area contributed by atoms with E-state index < -0.39 is 37.1 Å². The Labute approximate surface area is 364 Å². The maximum Gasteiger partial charge on any atom is 0.270 e. The van der Waals surface area contributed by atoms with Crippen LogP contribution in [0.25, 0.3) is 0 Å². The molecule has 3 amide bonds. The highest BCUT2D eigenvalue weighted by molar-refractivity contribution is 7.46. The van der Waals surface area contributed by atoms with Crippen molar-refractivity contribution >= 4 is 53.1 Å². The van der Waals surface area contributed by atoms with Gasteiger partial charge in [-0.25, -0.2) is 0 Å². The van der Waals surface area contributed by atoms with E-state index in [0.29, 0.717) is 84.1 Å². The molecule has 28 heteroatoms. The number of carbonyl (C=O) groups excluding carboxylic acids is 3. The average molecular weight is 953 g/mol. The Morgan fingerprint density at radius 1 is 0.548 bits per heavy atom. The third-order valence-electron chi connectivity index (χ3n) is 8.74. The lowest BCUT2D eigenvalue weighted by molar-refractivity contribution is -0.241. The molecule has 0 saturated carbocycles. The molecule has 3 unspecified atom stereocenters. The molecule has 0 aromatic heterocycles. The molecule has 364 valence electrons. The lowest BCUT2D eigenvalue weighted by Crippen LogP contribution is -2.39. The summed E-state index contributed by atoms with van der Waals surface area (Å²) in [6.45, 7) is -0.201. The SMILES string of the molecule is NC(N)=NCCCCCCN(CCC(=O)NCCCCCCOP(=O)([O-])OCO)C(=O)CCN(CCCCCCN=C(N)N)C(=O)CCCCCOP(=O)([O-])OCOP(=O)([O-])O. The van der Waals surface area contributed by atoms with E-state index in [9.17, 15) is 42.8 Å². The van der Waals surface area contributed by atoms with Gasteiger partial charge in [-0.2, -0.15) is 0 Å². The van der Waals surface area contributed by atoms with E-state index in [1.54, 1.807) is 9.80 Å². The summed E-state index contributed by atoms with van der Waals surface area (Å²) in [4.78, 5) is 93.0. The number of aliphatic hydroxyl groups excluding tert-OH is 1. The number of phosphoric ester groups is 3. The van der Waals surface area contributed by atoms with Crippen molar-refractivity contribution in [3.05, 3.63) is 0 Å². The molecule has 0 saturated heterocycles. The second-order valence-electron chi connectivity index (χ2n) is 13.9. The zero-order chi connectivity index (χ0) is 46.7. The lowest BCUT2D eigenvalue weighted by atomic mass is 10.1. The second kappa shape index (κ2) is 35.6. The number of guanidine groups is 2. The van der Waals surface area contributed by atoms with Gasteiger partial charge in [-0.15, -0.1) is 0 Å². The highest BCUT2D eigenvalue weighted by atomic mass is 31.2. The molecule has 0 rings (SSSR count). The van der Waals surface area contributed by atoms with Crippen LogP contribution in [0.2, 0.25) is 0 Å². The zero-order valence-electron chi connectivity index (χ0n) is 35.6. The second-order valence-corrected chi connectivity index (χ2v) is 18.0. The smallest absolute Gasteiger partial charge is 0.270 e. The molecule has 0 radical (unpaired) electrons. The summed E-state index contributed by atoms with van der Waals surface area (Å²) < 4.78 is 55.0. The third kappa shape index (κ3) is 37.8. The number of nitrogens with two attached hydrogens (primary N) is 4. The number of nitrogens with one attached hydrogen (secondary N) is 1. The number of hydrogen-bond acceptors (Lipinski definition) is 17. The number of carbonyl (C=O) groups is 3. The van der Waals surface area contributed by atoms with E-state index in [-0.39, 0.29) is 81.6 Å². The molecule has 0 aliphatic carbocycles. The van der Waals surface area contributed by atoms with Gasteiger partial charge >= 0.3 is 0 Å². The van der Waals surface area contributed by atoms with E-state index in [0.717, 1.165) is 38.5 Å². The van der Waals surface area contributed by atoms with Crippen molar-refractivity contribution in [2.75, 3.05) is 72.6 Å². The molecule has 0 aliphatic heterocycles. The highest BCUT2D eigenvalue weighted by Crippen LogP contribution is 2.41. The van der Waals surface area contributed by atoms with Gasteiger partial charge in [0.15, 0.2) is 25.5 Å². The number of hydrogen-bond donors (Lipinski definition) is 7. The molecule has 11 N–H and O–H groups in total. The monoisotopic (exact) mass is 952 g/mol.